The lowest BCUT2D eigenvalue weighted by Gasteiger charge is -2.20. The van der Waals surface area contributed by atoms with Crippen LogP contribution >= 0.6 is 0 Å². The molecule has 2 N–H and O–H groups in total. The molecule has 2 atom stereocenters. The molecule has 0 radical (unpaired) electrons. The Hall–Kier alpha value is -3.74. The molecule has 1 aromatic carbocycles. The average molecular weight is 370 g/mol. The third-order valence-electron chi connectivity index (χ3n) is 4.86. The third-order valence-corrected chi connectivity index (χ3v) is 4.86. The van der Waals surface area contributed by atoms with E-state index in [-0.39, 0.29) is 12.1 Å². The first-order valence-electron chi connectivity index (χ1n) is 9.04. The zero-order chi connectivity index (χ0) is 18.9. The van der Waals surface area contributed by atoms with E-state index in [2.05, 4.69) is 42.6 Å². The molecule has 0 fully saturated rings. The molecule has 0 bridgehead atoms. The van der Waals surface area contributed by atoms with Crippen molar-refractivity contribution < 1.29 is 4.74 Å². The van der Waals surface area contributed by atoms with Gasteiger partial charge in [0.2, 0.25) is 0 Å². The summed E-state index contributed by atoms with van der Waals surface area (Å²) in [4.78, 5) is 12.9. The monoisotopic (exact) mass is 370 g/mol. The predicted octanol–water partition coefficient (Wildman–Crippen LogP) is 3.86. The number of aromatic nitrogens is 5. The van der Waals surface area contributed by atoms with Crippen LogP contribution in [0.5, 0.6) is 5.75 Å². The minimum absolute atomic E-state index is 0.113. The fourth-order valence-corrected chi connectivity index (χ4v) is 3.47. The van der Waals surface area contributed by atoms with Crippen molar-refractivity contribution in [3.05, 3.63) is 84.3 Å². The molecule has 0 saturated heterocycles. The van der Waals surface area contributed by atoms with Crippen molar-refractivity contribution in [3.63, 3.8) is 0 Å². The van der Waals surface area contributed by atoms with Crippen molar-refractivity contribution in [1.82, 2.24) is 25.1 Å². The van der Waals surface area contributed by atoms with Gasteiger partial charge in [0.15, 0.2) is 11.9 Å². The van der Waals surface area contributed by atoms with Gasteiger partial charge >= 0.3 is 0 Å². The summed E-state index contributed by atoms with van der Waals surface area (Å²) < 4.78 is 6.11. The Balaban J connectivity index is 1.45. The normalized spacial score (nSPS) is 17.8. The lowest BCUT2D eigenvalue weighted by atomic mass is 10.0. The highest BCUT2D eigenvalue weighted by Crippen LogP contribution is 2.44. The average Bonchev–Trinajstić information content (AvgIpc) is 3.33. The maximum atomic E-state index is 6.11. The van der Waals surface area contributed by atoms with Gasteiger partial charge in [-0.25, -0.2) is 9.97 Å². The number of aryl methyl sites for hydroxylation is 1. The van der Waals surface area contributed by atoms with Crippen LogP contribution in [0.2, 0.25) is 0 Å². The number of hydrogen-bond donors (Lipinski definition) is 2. The molecule has 3 aromatic heterocycles. The summed E-state index contributed by atoms with van der Waals surface area (Å²) in [5.74, 6) is 1.39. The van der Waals surface area contributed by atoms with Gasteiger partial charge in [-0.15, -0.1) is 0 Å². The summed E-state index contributed by atoms with van der Waals surface area (Å²) in [5.41, 5.74) is 5.17. The highest BCUT2D eigenvalue weighted by molar-refractivity contribution is 5.65. The molecule has 2 unspecified atom stereocenters. The summed E-state index contributed by atoms with van der Waals surface area (Å²) in [6.07, 6.45) is 8.53. The lowest BCUT2D eigenvalue weighted by Crippen LogP contribution is -2.19. The second kappa shape index (κ2) is 6.77. The Kier molecular flexibility index (Phi) is 3.97. The second-order valence-corrected chi connectivity index (χ2v) is 6.68. The van der Waals surface area contributed by atoms with Crippen molar-refractivity contribution in [2.75, 3.05) is 5.32 Å². The molecule has 4 heterocycles. The van der Waals surface area contributed by atoms with Gasteiger partial charge in [-0.1, -0.05) is 12.1 Å². The molecule has 0 spiro atoms. The number of nitrogens with one attached hydrogen (secondary N) is 2. The fraction of sp³-hybridized carbons (Fsp3) is 0.143. The van der Waals surface area contributed by atoms with Crippen molar-refractivity contribution in [1.29, 1.82) is 0 Å². The smallest absolute Gasteiger partial charge is 0.182 e. The maximum absolute atomic E-state index is 6.11. The Bertz CT molecular complexity index is 1090. The topological polar surface area (TPSA) is 88.6 Å². The number of hydrogen-bond acceptors (Lipinski definition) is 6. The molecular weight excluding hydrogens is 352 g/mol. The number of anilines is 1. The van der Waals surface area contributed by atoms with Gasteiger partial charge in [0.25, 0.3) is 0 Å². The van der Waals surface area contributed by atoms with E-state index in [1.807, 2.05) is 31.3 Å². The Labute approximate surface area is 161 Å². The molecule has 7 heteroatoms. The Morgan fingerprint density at radius 2 is 1.86 bits per heavy atom. The summed E-state index contributed by atoms with van der Waals surface area (Å²) in [6, 6.07) is 11.9. The first-order chi connectivity index (χ1) is 13.8. The largest absolute Gasteiger partial charge is 0.478 e. The first-order valence-corrected chi connectivity index (χ1v) is 9.04. The van der Waals surface area contributed by atoms with Gasteiger partial charge in [-0.05, 0) is 36.8 Å². The van der Waals surface area contributed by atoms with Crippen LogP contribution in [-0.4, -0.2) is 25.1 Å². The summed E-state index contributed by atoms with van der Waals surface area (Å²) in [5, 5.41) is 10.8. The third kappa shape index (κ3) is 2.87. The molecule has 0 saturated carbocycles. The number of ether oxygens (including phenoxy) is 1. The van der Waals surface area contributed by atoms with E-state index >= 15 is 0 Å². The van der Waals surface area contributed by atoms with E-state index in [0.29, 0.717) is 5.82 Å². The van der Waals surface area contributed by atoms with E-state index in [1.165, 1.54) is 0 Å². The highest BCUT2D eigenvalue weighted by Gasteiger charge is 2.37. The van der Waals surface area contributed by atoms with Crippen molar-refractivity contribution in [2.45, 2.75) is 19.1 Å². The maximum Gasteiger partial charge on any atom is 0.182 e. The minimum Gasteiger partial charge on any atom is -0.478 e. The highest BCUT2D eigenvalue weighted by atomic mass is 16.5. The SMILES string of the molecule is Cc1c[nH]nc1-c1ccc(NC2c3ccncc3OC2c2ncccn2)cc1. The molecule has 5 rings (SSSR count). The number of nitrogens with zero attached hydrogens (tertiary/aromatic N) is 4. The van der Waals surface area contributed by atoms with Gasteiger partial charge in [0, 0.05) is 41.6 Å². The van der Waals surface area contributed by atoms with Crippen LogP contribution in [0.3, 0.4) is 0 Å². The number of H-pyrrole nitrogens is 1. The fourth-order valence-electron chi connectivity index (χ4n) is 3.47. The van der Waals surface area contributed by atoms with Crippen LogP contribution in [0.4, 0.5) is 5.69 Å². The molecule has 138 valence electrons. The van der Waals surface area contributed by atoms with E-state index in [0.717, 1.165) is 33.8 Å². The zero-order valence-electron chi connectivity index (χ0n) is 15.2. The summed E-state index contributed by atoms with van der Waals surface area (Å²) in [7, 11) is 0. The van der Waals surface area contributed by atoms with Crippen LogP contribution < -0.4 is 10.1 Å². The minimum atomic E-state index is -0.325. The van der Waals surface area contributed by atoms with E-state index in [9.17, 15) is 0 Å². The van der Waals surface area contributed by atoms with Gasteiger partial charge in [-0.2, -0.15) is 5.10 Å². The quantitative estimate of drug-likeness (QED) is 0.567. The van der Waals surface area contributed by atoms with Gasteiger partial charge in [0.05, 0.1) is 17.9 Å². The molecular formula is C21H18N6O. The Morgan fingerprint density at radius 3 is 2.61 bits per heavy atom. The number of aromatic amines is 1. The molecule has 4 aromatic rings. The van der Waals surface area contributed by atoms with Crippen molar-refractivity contribution in [3.8, 4) is 17.0 Å². The number of pyridine rings is 1. The van der Waals surface area contributed by atoms with E-state index in [4.69, 9.17) is 4.74 Å². The lowest BCUT2D eigenvalue weighted by molar-refractivity contribution is 0.207. The van der Waals surface area contributed by atoms with Crippen LogP contribution in [-0.2, 0) is 0 Å². The predicted molar refractivity (Wildman–Crippen MR) is 105 cm³/mol. The zero-order valence-corrected chi connectivity index (χ0v) is 15.2. The van der Waals surface area contributed by atoms with Crippen LogP contribution in [0, 0.1) is 6.92 Å². The van der Waals surface area contributed by atoms with Gasteiger partial charge in [0.1, 0.15) is 5.75 Å². The number of rotatable bonds is 4. The van der Waals surface area contributed by atoms with E-state index < -0.39 is 0 Å². The van der Waals surface area contributed by atoms with Gasteiger partial charge < -0.3 is 10.1 Å². The summed E-state index contributed by atoms with van der Waals surface area (Å²) >= 11 is 0. The van der Waals surface area contributed by atoms with Crippen molar-refractivity contribution >= 4 is 5.69 Å². The second-order valence-electron chi connectivity index (χ2n) is 6.68. The van der Waals surface area contributed by atoms with E-state index in [1.54, 1.807) is 30.9 Å². The molecule has 7 nitrogen and oxygen atoms in total. The van der Waals surface area contributed by atoms with Crippen molar-refractivity contribution in [2.24, 2.45) is 0 Å². The van der Waals surface area contributed by atoms with Gasteiger partial charge in [-0.3, -0.25) is 10.1 Å². The first kappa shape index (κ1) is 16.4. The molecule has 1 aliphatic rings. The summed E-state index contributed by atoms with van der Waals surface area (Å²) in [6.45, 7) is 2.04. The molecule has 1 aliphatic heterocycles. The van der Waals surface area contributed by atoms with Crippen LogP contribution in [0.1, 0.15) is 29.1 Å². The number of fused-ring (bicyclic) bond motifs is 1. The standard InChI is InChI=1S/C21H18N6O/c1-13-11-25-27-18(13)14-3-5-15(6-4-14)26-19-16-7-10-22-12-17(16)28-20(19)21-23-8-2-9-24-21/h2-12,19-20,26H,1H3,(H,25,27). The molecule has 0 amide bonds. The Morgan fingerprint density at radius 1 is 1.04 bits per heavy atom. The molecule has 28 heavy (non-hydrogen) atoms. The molecule has 0 aliphatic carbocycles. The van der Waals surface area contributed by atoms with Crippen LogP contribution in [0.25, 0.3) is 11.3 Å². The number of benzene rings is 1. The van der Waals surface area contributed by atoms with Crippen LogP contribution in [0.15, 0.2) is 67.4 Å².